The maximum Gasteiger partial charge on any atom is 0.256 e. The Kier molecular flexibility index (Phi) is 3.62. The molecule has 0 spiro atoms. The van der Waals surface area contributed by atoms with Crippen LogP contribution in [0.1, 0.15) is 15.9 Å². The minimum atomic E-state index is -0.260. The summed E-state index contributed by atoms with van der Waals surface area (Å²) >= 11 is 3.23. The zero-order valence-electron chi connectivity index (χ0n) is 9.64. The molecule has 0 fully saturated rings. The van der Waals surface area contributed by atoms with Crippen molar-refractivity contribution < 1.29 is 9.90 Å². The zero-order valence-corrected chi connectivity index (χ0v) is 11.2. The summed E-state index contributed by atoms with van der Waals surface area (Å²) < 4.78 is 0.655. The van der Waals surface area contributed by atoms with Crippen molar-refractivity contribution in [2.75, 3.05) is 5.32 Å². The minimum absolute atomic E-state index is 0.173. The second kappa shape index (κ2) is 5.18. The highest BCUT2D eigenvalue weighted by Crippen LogP contribution is 2.18. The lowest BCUT2D eigenvalue weighted by molar-refractivity contribution is 0.102. The first-order valence-corrected chi connectivity index (χ1v) is 6.09. The number of nitrogens with one attached hydrogen (secondary N) is 1. The molecule has 0 bridgehead atoms. The monoisotopic (exact) mass is 306 g/mol. The van der Waals surface area contributed by atoms with Gasteiger partial charge in [-0.3, -0.25) is 4.79 Å². The number of benzene rings is 1. The van der Waals surface area contributed by atoms with Crippen LogP contribution >= 0.6 is 15.9 Å². The number of aryl methyl sites for hydroxylation is 1. The van der Waals surface area contributed by atoms with Crippen molar-refractivity contribution in [3.05, 3.63) is 52.1 Å². The molecule has 0 saturated heterocycles. The normalized spacial score (nSPS) is 10.1. The molecule has 1 amide bonds. The molecule has 2 rings (SSSR count). The van der Waals surface area contributed by atoms with Gasteiger partial charge in [-0.25, -0.2) is 4.98 Å². The number of carbonyl (C=O) groups is 1. The molecule has 0 aliphatic rings. The Labute approximate surface area is 113 Å². The summed E-state index contributed by atoms with van der Waals surface area (Å²) in [5, 5.41) is 12.1. The van der Waals surface area contributed by atoms with Gasteiger partial charge in [-0.2, -0.15) is 0 Å². The number of amides is 1. The SMILES string of the molecule is Cc1cc(C(=O)Nc2cccc(Br)n2)ccc1O. The predicted molar refractivity (Wildman–Crippen MR) is 72.7 cm³/mol. The lowest BCUT2D eigenvalue weighted by Gasteiger charge is -2.06. The molecule has 0 aliphatic carbocycles. The number of carbonyl (C=O) groups excluding carboxylic acids is 1. The topological polar surface area (TPSA) is 62.2 Å². The Morgan fingerprint density at radius 3 is 2.78 bits per heavy atom. The number of phenols is 1. The van der Waals surface area contributed by atoms with Gasteiger partial charge >= 0.3 is 0 Å². The van der Waals surface area contributed by atoms with Crippen LogP contribution in [0.15, 0.2) is 41.0 Å². The molecule has 0 saturated carbocycles. The average Bonchev–Trinajstić information content (AvgIpc) is 2.32. The quantitative estimate of drug-likeness (QED) is 0.838. The van der Waals surface area contributed by atoms with Crippen molar-refractivity contribution in [3.8, 4) is 5.75 Å². The van der Waals surface area contributed by atoms with Gasteiger partial charge in [-0.1, -0.05) is 6.07 Å². The molecule has 1 heterocycles. The number of nitrogens with zero attached hydrogens (tertiary/aromatic N) is 1. The van der Waals surface area contributed by atoms with E-state index in [4.69, 9.17) is 0 Å². The van der Waals surface area contributed by atoms with Gasteiger partial charge in [0.25, 0.3) is 5.91 Å². The molecule has 2 N–H and O–H groups in total. The summed E-state index contributed by atoms with van der Waals surface area (Å²) in [4.78, 5) is 16.1. The van der Waals surface area contributed by atoms with Crippen molar-refractivity contribution in [2.24, 2.45) is 0 Å². The summed E-state index contributed by atoms with van der Waals surface area (Å²) in [5.41, 5.74) is 1.14. The fourth-order valence-corrected chi connectivity index (χ4v) is 1.81. The van der Waals surface area contributed by atoms with E-state index in [1.165, 1.54) is 6.07 Å². The predicted octanol–water partition coefficient (Wildman–Crippen LogP) is 3.11. The Morgan fingerprint density at radius 2 is 2.11 bits per heavy atom. The van der Waals surface area contributed by atoms with E-state index in [1.807, 2.05) is 0 Å². The smallest absolute Gasteiger partial charge is 0.256 e. The largest absolute Gasteiger partial charge is 0.508 e. The van der Waals surface area contributed by atoms with Gasteiger partial charge in [0, 0.05) is 5.56 Å². The summed E-state index contributed by atoms with van der Waals surface area (Å²) in [6.45, 7) is 1.74. The van der Waals surface area contributed by atoms with E-state index in [-0.39, 0.29) is 11.7 Å². The number of hydrogen-bond donors (Lipinski definition) is 2. The molecule has 0 unspecified atom stereocenters. The molecule has 1 aromatic carbocycles. The molecule has 0 atom stereocenters. The third-order valence-corrected chi connectivity index (χ3v) is 2.86. The van der Waals surface area contributed by atoms with Gasteiger partial charge in [0.05, 0.1) is 0 Å². The van der Waals surface area contributed by atoms with Gasteiger partial charge in [0.2, 0.25) is 0 Å². The van der Waals surface area contributed by atoms with Crippen molar-refractivity contribution >= 4 is 27.7 Å². The second-order valence-electron chi connectivity index (χ2n) is 3.80. The molecule has 4 nitrogen and oxygen atoms in total. The van der Waals surface area contributed by atoms with Crippen molar-refractivity contribution in [1.82, 2.24) is 4.98 Å². The van der Waals surface area contributed by atoms with Crippen LogP contribution < -0.4 is 5.32 Å². The van der Waals surface area contributed by atoms with Gasteiger partial charge in [0.15, 0.2) is 0 Å². The number of hydrogen-bond acceptors (Lipinski definition) is 3. The van der Waals surface area contributed by atoms with E-state index in [2.05, 4.69) is 26.2 Å². The zero-order chi connectivity index (χ0) is 13.1. The van der Waals surface area contributed by atoms with Gasteiger partial charge in [-0.15, -0.1) is 0 Å². The standard InChI is InChI=1S/C13H11BrN2O2/c1-8-7-9(5-6-10(8)17)13(18)16-12-4-2-3-11(14)15-12/h2-7,17H,1H3,(H,15,16,18). The second-order valence-corrected chi connectivity index (χ2v) is 4.61. The van der Waals surface area contributed by atoms with E-state index in [0.717, 1.165) is 0 Å². The van der Waals surface area contributed by atoms with E-state index in [9.17, 15) is 9.90 Å². The molecule has 5 heteroatoms. The highest BCUT2D eigenvalue weighted by Gasteiger charge is 2.08. The third-order valence-electron chi connectivity index (χ3n) is 2.42. The molecule has 0 aliphatic heterocycles. The van der Waals surface area contributed by atoms with E-state index in [1.54, 1.807) is 37.3 Å². The van der Waals surface area contributed by atoms with Crippen LogP contribution in [0.4, 0.5) is 5.82 Å². The highest BCUT2D eigenvalue weighted by atomic mass is 79.9. The van der Waals surface area contributed by atoms with Crippen molar-refractivity contribution in [3.63, 3.8) is 0 Å². The Bertz CT molecular complexity index is 599. The number of rotatable bonds is 2. The molecule has 92 valence electrons. The Morgan fingerprint density at radius 1 is 1.33 bits per heavy atom. The van der Waals surface area contributed by atoms with E-state index in [0.29, 0.717) is 21.5 Å². The van der Waals surface area contributed by atoms with Crippen LogP contribution in [0.3, 0.4) is 0 Å². The molecule has 1 aromatic heterocycles. The summed E-state index contributed by atoms with van der Waals surface area (Å²) in [6.07, 6.45) is 0. The summed E-state index contributed by atoms with van der Waals surface area (Å²) in [7, 11) is 0. The van der Waals surface area contributed by atoms with Gasteiger partial charge in [0.1, 0.15) is 16.2 Å². The lowest BCUT2D eigenvalue weighted by atomic mass is 10.1. The molecule has 2 aromatic rings. The fourth-order valence-electron chi connectivity index (χ4n) is 1.46. The first kappa shape index (κ1) is 12.6. The fraction of sp³-hybridized carbons (Fsp3) is 0.0769. The van der Waals surface area contributed by atoms with E-state index < -0.39 is 0 Å². The van der Waals surface area contributed by atoms with Crippen molar-refractivity contribution in [1.29, 1.82) is 0 Å². The van der Waals surface area contributed by atoms with Crippen LogP contribution in [-0.2, 0) is 0 Å². The molecule has 18 heavy (non-hydrogen) atoms. The number of halogens is 1. The number of aromatic nitrogens is 1. The maximum absolute atomic E-state index is 11.9. The minimum Gasteiger partial charge on any atom is -0.508 e. The number of anilines is 1. The summed E-state index contributed by atoms with van der Waals surface area (Å²) in [5.74, 6) is 0.385. The van der Waals surface area contributed by atoms with E-state index >= 15 is 0 Å². The first-order valence-electron chi connectivity index (χ1n) is 5.30. The van der Waals surface area contributed by atoms with Crippen LogP contribution in [0.2, 0.25) is 0 Å². The number of phenolic OH excluding ortho intramolecular Hbond substituents is 1. The van der Waals surface area contributed by atoms with Crippen LogP contribution in [0.5, 0.6) is 5.75 Å². The van der Waals surface area contributed by atoms with Crippen LogP contribution in [-0.4, -0.2) is 16.0 Å². The maximum atomic E-state index is 11.9. The highest BCUT2D eigenvalue weighted by molar-refractivity contribution is 9.10. The van der Waals surface area contributed by atoms with Crippen molar-refractivity contribution in [2.45, 2.75) is 6.92 Å². The Hall–Kier alpha value is -1.88. The lowest BCUT2D eigenvalue weighted by Crippen LogP contribution is -2.13. The molecule has 0 radical (unpaired) electrons. The number of aromatic hydroxyl groups is 1. The van der Waals surface area contributed by atoms with Crippen LogP contribution in [0.25, 0.3) is 0 Å². The molecular formula is C13H11BrN2O2. The average molecular weight is 307 g/mol. The number of pyridine rings is 1. The summed E-state index contributed by atoms with van der Waals surface area (Å²) in [6, 6.07) is 9.96. The third kappa shape index (κ3) is 2.87. The Balaban J connectivity index is 2.19. The first-order chi connectivity index (χ1) is 8.56. The molecular weight excluding hydrogens is 296 g/mol. The van der Waals surface area contributed by atoms with Gasteiger partial charge < -0.3 is 10.4 Å². The van der Waals surface area contributed by atoms with Crippen LogP contribution in [0, 0.1) is 6.92 Å². The van der Waals surface area contributed by atoms with Gasteiger partial charge in [-0.05, 0) is 58.7 Å².